The number of aromatic amines is 1. The average Bonchev–Trinajstić information content (AvgIpc) is 2.81. The van der Waals surface area contributed by atoms with Gasteiger partial charge in [0.25, 0.3) is 5.91 Å². The predicted octanol–water partition coefficient (Wildman–Crippen LogP) is 2.02. The zero-order valence-electron chi connectivity index (χ0n) is 10.7. The lowest BCUT2D eigenvalue weighted by Gasteiger charge is -2.23. The summed E-state index contributed by atoms with van der Waals surface area (Å²) < 4.78 is 6.35. The van der Waals surface area contributed by atoms with Crippen molar-refractivity contribution in [2.45, 2.75) is 19.6 Å². The van der Waals surface area contributed by atoms with Crippen molar-refractivity contribution in [1.29, 1.82) is 0 Å². The molecule has 1 aliphatic rings. The van der Waals surface area contributed by atoms with Gasteiger partial charge in [0, 0.05) is 12.1 Å². The molecule has 7 heteroatoms. The van der Waals surface area contributed by atoms with Crippen LogP contribution >= 0.6 is 15.9 Å². The summed E-state index contributed by atoms with van der Waals surface area (Å²) in [4.78, 5) is 11.6. The number of hydrogen-bond donors (Lipinski definition) is 3. The first-order valence-electron chi connectivity index (χ1n) is 6.15. The molecule has 1 aliphatic heterocycles. The molecule has 0 saturated carbocycles. The first-order chi connectivity index (χ1) is 9.60. The van der Waals surface area contributed by atoms with E-state index >= 15 is 0 Å². The largest absolute Gasteiger partial charge is 0.479 e. The van der Waals surface area contributed by atoms with Gasteiger partial charge in [0.05, 0.1) is 15.9 Å². The van der Waals surface area contributed by atoms with E-state index in [2.05, 4.69) is 31.4 Å². The molecule has 0 spiro atoms. The summed E-state index contributed by atoms with van der Waals surface area (Å²) in [6.45, 7) is 2.08. The standard InChI is InChI=1S/C13H13BrN4O2/c1-6-13(19)16-8-4-7(2-3-10(8)20-6)12-11(14)9(5-15)17-18-12/h2-4,6H,5,15H2,1H3,(H,16,19)(H,17,18). The molecule has 2 aromatic rings. The Balaban J connectivity index is 2.02. The van der Waals surface area contributed by atoms with Crippen LogP contribution in [0.2, 0.25) is 0 Å². The van der Waals surface area contributed by atoms with Gasteiger partial charge in [-0.3, -0.25) is 9.89 Å². The maximum Gasteiger partial charge on any atom is 0.265 e. The number of nitrogens with one attached hydrogen (secondary N) is 2. The number of amides is 1. The minimum atomic E-state index is -0.477. The highest BCUT2D eigenvalue weighted by molar-refractivity contribution is 9.10. The average molecular weight is 337 g/mol. The van der Waals surface area contributed by atoms with E-state index in [1.54, 1.807) is 6.92 Å². The summed E-state index contributed by atoms with van der Waals surface area (Å²) >= 11 is 3.47. The second kappa shape index (κ2) is 4.92. The molecule has 0 bridgehead atoms. The summed E-state index contributed by atoms with van der Waals surface area (Å²) in [5, 5.41) is 9.93. The normalized spacial score (nSPS) is 17.4. The molecule has 0 saturated heterocycles. The quantitative estimate of drug-likeness (QED) is 0.782. The third-order valence-electron chi connectivity index (χ3n) is 3.16. The van der Waals surface area contributed by atoms with Gasteiger partial charge in [-0.1, -0.05) is 0 Å². The molecule has 0 radical (unpaired) electrons. The Morgan fingerprint density at radius 2 is 2.30 bits per heavy atom. The number of benzene rings is 1. The molecule has 0 fully saturated rings. The summed E-state index contributed by atoms with van der Waals surface area (Å²) in [6.07, 6.45) is -0.477. The van der Waals surface area contributed by atoms with Crippen LogP contribution in [0.15, 0.2) is 22.7 Å². The van der Waals surface area contributed by atoms with Crippen molar-refractivity contribution in [1.82, 2.24) is 10.2 Å². The number of halogens is 1. The summed E-state index contributed by atoms with van der Waals surface area (Å²) in [5.41, 5.74) is 8.70. The Morgan fingerprint density at radius 1 is 1.50 bits per heavy atom. The van der Waals surface area contributed by atoms with E-state index in [9.17, 15) is 4.79 Å². The van der Waals surface area contributed by atoms with Gasteiger partial charge >= 0.3 is 0 Å². The lowest BCUT2D eigenvalue weighted by Crippen LogP contribution is -2.34. The van der Waals surface area contributed by atoms with E-state index in [4.69, 9.17) is 10.5 Å². The van der Waals surface area contributed by atoms with Crippen molar-refractivity contribution >= 4 is 27.5 Å². The van der Waals surface area contributed by atoms with Crippen LogP contribution in [0.3, 0.4) is 0 Å². The van der Waals surface area contributed by atoms with E-state index < -0.39 is 6.10 Å². The van der Waals surface area contributed by atoms with Gasteiger partial charge in [0.2, 0.25) is 0 Å². The van der Waals surface area contributed by atoms with Gasteiger partial charge in [-0.15, -0.1) is 0 Å². The fraction of sp³-hybridized carbons (Fsp3) is 0.231. The van der Waals surface area contributed by atoms with E-state index in [-0.39, 0.29) is 5.91 Å². The van der Waals surface area contributed by atoms with Crippen molar-refractivity contribution < 1.29 is 9.53 Å². The van der Waals surface area contributed by atoms with Crippen LogP contribution in [-0.2, 0) is 11.3 Å². The maximum absolute atomic E-state index is 11.6. The molecule has 104 valence electrons. The van der Waals surface area contributed by atoms with Gasteiger partial charge < -0.3 is 15.8 Å². The number of H-pyrrole nitrogens is 1. The number of carbonyl (C=O) groups is 1. The number of rotatable bonds is 2. The summed E-state index contributed by atoms with van der Waals surface area (Å²) in [7, 11) is 0. The van der Waals surface area contributed by atoms with Gasteiger partial charge in [-0.2, -0.15) is 5.10 Å². The zero-order chi connectivity index (χ0) is 14.3. The first kappa shape index (κ1) is 13.1. The molecule has 1 amide bonds. The highest BCUT2D eigenvalue weighted by Gasteiger charge is 2.24. The smallest absolute Gasteiger partial charge is 0.265 e. The van der Waals surface area contributed by atoms with E-state index in [1.165, 1.54) is 0 Å². The fourth-order valence-corrected chi connectivity index (χ4v) is 2.62. The van der Waals surface area contributed by atoms with E-state index in [1.807, 2.05) is 18.2 Å². The second-order valence-electron chi connectivity index (χ2n) is 4.53. The number of hydrogen-bond acceptors (Lipinski definition) is 4. The van der Waals surface area contributed by atoms with Gasteiger partial charge in [0.1, 0.15) is 11.4 Å². The van der Waals surface area contributed by atoms with Crippen molar-refractivity contribution in [3.05, 3.63) is 28.4 Å². The molecule has 1 unspecified atom stereocenters. The molecule has 1 aromatic carbocycles. The minimum absolute atomic E-state index is 0.154. The number of aromatic nitrogens is 2. The topological polar surface area (TPSA) is 93.0 Å². The lowest BCUT2D eigenvalue weighted by atomic mass is 10.1. The Morgan fingerprint density at radius 3 is 3.00 bits per heavy atom. The molecule has 3 rings (SSSR count). The third-order valence-corrected chi connectivity index (χ3v) is 4.02. The Labute approximate surface area is 123 Å². The van der Waals surface area contributed by atoms with Gasteiger partial charge in [-0.05, 0) is 41.1 Å². The van der Waals surface area contributed by atoms with Crippen LogP contribution in [0.25, 0.3) is 11.3 Å². The summed E-state index contributed by atoms with van der Waals surface area (Å²) in [5.74, 6) is 0.505. The molecule has 1 aromatic heterocycles. The number of nitrogens with two attached hydrogens (primary N) is 1. The molecule has 1 atom stereocenters. The van der Waals surface area contributed by atoms with Gasteiger partial charge in [-0.25, -0.2) is 0 Å². The highest BCUT2D eigenvalue weighted by Crippen LogP contribution is 2.36. The molecule has 20 heavy (non-hydrogen) atoms. The van der Waals surface area contributed by atoms with Crippen LogP contribution in [0.5, 0.6) is 5.75 Å². The van der Waals surface area contributed by atoms with Crippen molar-refractivity contribution in [2.24, 2.45) is 5.73 Å². The Kier molecular flexibility index (Phi) is 3.23. The Hall–Kier alpha value is -1.86. The Bertz CT molecular complexity index is 683. The SMILES string of the molecule is CC1Oc2ccc(-c3n[nH]c(CN)c3Br)cc2NC1=O. The number of fused-ring (bicyclic) bond motifs is 1. The molecule has 4 N–H and O–H groups in total. The van der Waals surface area contributed by atoms with E-state index in [0.717, 1.165) is 21.4 Å². The number of carbonyl (C=O) groups excluding carboxylic acids is 1. The fourth-order valence-electron chi connectivity index (χ4n) is 2.05. The van der Waals surface area contributed by atoms with Crippen LogP contribution < -0.4 is 15.8 Å². The third kappa shape index (κ3) is 2.08. The molecular weight excluding hydrogens is 324 g/mol. The predicted molar refractivity (Wildman–Crippen MR) is 78.3 cm³/mol. The lowest BCUT2D eigenvalue weighted by molar-refractivity contribution is -0.122. The van der Waals surface area contributed by atoms with Crippen LogP contribution in [-0.4, -0.2) is 22.2 Å². The maximum atomic E-state index is 11.6. The number of ether oxygens (including phenoxy) is 1. The molecule has 2 heterocycles. The van der Waals surface area contributed by atoms with Gasteiger partial charge in [0.15, 0.2) is 6.10 Å². The monoisotopic (exact) mass is 336 g/mol. The van der Waals surface area contributed by atoms with Crippen molar-refractivity contribution in [3.63, 3.8) is 0 Å². The first-order valence-corrected chi connectivity index (χ1v) is 6.94. The zero-order valence-corrected chi connectivity index (χ0v) is 12.3. The minimum Gasteiger partial charge on any atom is -0.479 e. The second-order valence-corrected chi connectivity index (χ2v) is 5.32. The van der Waals surface area contributed by atoms with Crippen molar-refractivity contribution in [3.8, 4) is 17.0 Å². The number of anilines is 1. The molecular formula is C13H13BrN4O2. The van der Waals surface area contributed by atoms with Crippen LogP contribution in [0.1, 0.15) is 12.6 Å². The number of nitrogens with zero attached hydrogens (tertiary/aromatic N) is 1. The highest BCUT2D eigenvalue weighted by atomic mass is 79.9. The van der Waals surface area contributed by atoms with Crippen molar-refractivity contribution in [2.75, 3.05) is 5.32 Å². The van der Waals surface area contributed by atoms with Crippen LogP contribution in [0, 0.1) is 0 Å². The van der Waals surface area contributed by atoms with Crippen LogP contribution in [0.4, 0.5) is 5.69 Å². The summed E-state index contributed by atoms with van der Waals surface area (Å²) in [6, 6.07) is 5.55. The molecule has 6 nitrogen and oxygen atoms in total. The van der Waals surface area contributed by atoms with E-state index in [0.29, 0.717) is 18.0 Å². The molecule has 0 aliphatic carbocycles.